The fourth-order valence-corrected chi connectivity index (χ4v) is 3.89. The van der Waals surface area contributed by atoms with Gasteiger partial charge in [0.1, 0.15) is 0 Å². The summed E-state index contributed by atoms with van der Waals surface area (Å²) in [6.45, 7) is 5.94. The second-order valence-electron chi connectivity index (χ2n) is 7.10. The van der Waals surface area contributed by atoms with E-state index in [1.807, 2.05) is 0 Å². The first-order valence-electron chi connectivity index (χ1n) is 8.27. The summed E-state index contributed by atoms with van der Waals surface area (Å²) >= 11 is 0. The van der Waals surface area contributed by atoms with Gasteiger partial charge in [0.05, 0.1) is 0 Å². The van der Waals surface area contributed by atoms with Gasteiger partial charge in [-0.25, -0.2) is 0 Å². The van der Waals surface area contributed by atoms with Gasteiger partial charge < -0.3 is 15.4 Å². The van der Waals surface area contributed by atoms with E-state index >= 15 is 0 Å². The Labute approximate surface area is 134 Å². The fraction of sp³-hybridized carbons (Fsp3) is 0.938. The van der Waals surface area contributed by atoms with E-state index in [1.54, 1.807) is 0 Å². The van der Waals surface area contributed by atoms with Crippen LogP contribution in [0.1, 0.15) is 45.4 Å². The van der Waals surface area contributed by atoms with Crippen molar-refractivity contribution < 1.29 is 9.53 Å². The Morgan fingerprint density at radius 3 is 2.33 bits per heavy atom. The Morgan fingerprint density at radius 2 is 1.81 bits per heavy atom. The number of nitrogens with one attached hydrogen (secondary N) is 2. The molecule has 5 heteroatoms. The van der Waals surface area contributed by atoms with Gasteiger partial charge in [0, 0.05) is 25.2 Å². The van der Waals surface area contributed by atoms with Crippen LogP contribution in [-0.4, -0.2) is 38.3 Å². The van der Waals surface area contributed by atoms with Crippen molar-refractivity contribution in [3.05, 3.63) is 0 Å². The van der Waals surface area contributed by atoms with E-state index in [-0.39, 0.29) is 24.2 Å². The molecule has 21 heavy (non-hydrogen) atoms. The lowest BCUT2D eigenvalue weighted by atomic mass is 9.68. The smallest absolute Gasteiger partial charge is 0.223 e. The zero-order valence-corrected chi connectivity index (χ0v) is 13.8. The van der Waals surface area contributed by atoms with Crippen molar-refractivity contribution in [1.82, 2.24) is 10.6 Å². The lowest BCUT2D eigenvalue weighted by Gasteiger charge is -2.43. The average molecular weight is 317 g/mol. The maximum Gasteiger partial charge on any atom is 0.223 e. The summed E-state index contributed by atoms with van der Waals surface area (Å²) in [5, 5.41) is 6.54. The molecule has 2 aliphatic heterocycles. The minimum absolute atomic E-state index is 0. The van der Waals surface area contributed by atoms with Crippen molar-refractivity contribution in [2.75, 3.05) is 26.3 Å². The highest BCUT2D eigenvalue weighted by atomic mass is 35.5. The van der Waals surface area contributed by atoms with E-state index in [1.165, 1.54) is 25.7 Å². The summed E-state index contributed by atoms with van der Waals surface area (Å²) in [6.07, 6.45) is 7.28. The number of halogens is 1. The summed E-state index contributed by atoms with van der Waals surface area (Å²) in [7, 11) is 0. The van der Waals surface area contributed by atoms with Crippen LogP contribution in [0.3, 0.4) is 0 Å². The highest BCUT2D eigenvalue weighted by molar-refractivity contribution is 5.85. The number of carbonyl (C=O) groups excluding carboxylic acids is 1. The summed E-state index contributed by atoms with van der Waals surface area (Å²) in [5.41, 5.74) is 0.531. The number of hydrogen-bond donors (Lipinski definition) is 2. The topological polar surface area (TPSA) is 50.4 Å². The monoisotopic (exact) mass is 316 g/mol. The molecule has 1 saturated carbocycles. The first kappa shape index (κ1) is 17.0. The standard InChI is InChI=1S/C16H28N2O2.ClH/c1-12(13-10-17-11-13)15(19)18-14-2-4-16(5-3-14)6-8-20-9-7-16;/h12-14,17H,2-11H2,1H3,(H,18,19);1H. The third kappa shape index (κ3) is 3.91. The van der Waals surface area contributed by atoms with Gasteiger partial charge in [-0.15, -0.1) is 12.4 Å². The molecule has 0 aromatic rings. The maximum absolute atomic E-state index is 12.3. The van der Waals surface area contributed by atoms with Crippen LogP contribution in [-0.2, 0) is 9.53 Å². The van der Waals surface area contributed by atoms with Gasteiger partial charge in [-0.2, -0.15) is 0 Å². The van der Waals surface area contributed by atoms with Crippen LogP contribution in [0.25, 0.3) is 0 Å². The summed E-state index contributed by atoms with van der Waals surface area (Å²) in [5.74, 6) is 0.972. The average Bonchev–Trinajstić information content (AvgIpc) is 2.41. The fourth-order valence-electron chi connectivity index (χ4n) is 3.89. The van der Waals surface area contributed by atoms with Crippen molar-refractivity contribution in [1.29, 1.82) is 0 Å². The lowest BCUT2D eigenvalue weighted by Crippen LogP contribution is -2.51. The maximum atomic E-state index is 12.3. The lowest BCUT2D eigenvalue weighted by molar-refractivity contribution is -0.128. The van der Waals surface area contributed by atoms with Gasteiger partial charge in [0.15, 0.2) is 0 Å². The van der Waals surface area contributed by atoms with Crippen molar-refractivity contribution >= 4 is 18.3 Å². The SMILES string of the molecule is CC(C(=O)NC1CCC2(CCOCC2)CC1)C1CNC1.Cl. The molecule has 3 aliphatic rings. The number of amides is 1. The number of ether oxygens (including phenoxy) is 1. The second-order valence-corrected chi connectivity index (χ2v) is 7.10. The zero-order chi connectivity index (χ0) is 14.0. The predicted molar refractivity (Wildman–Crippen MR) is 85.7 cm³/mol. The number of rotatable bonds is 3. The van der Waals surface area contributed by atoms with E-state index in [4.69, 9.17) is 4.74 Å². The van der Waals surface area contributed by atoms with E-state index in [9.17, 15) is 4.79 Å². The normalized spacial score (nSPS) is 27.5. The summed E-state index contributed by atoms with van der Waals surface area (Å²) in [4.78, 5) is 12.3. The molecule has 2 saturated heterocycles. The highest BCUT2D eigenvalue weighted by Crippen LogP contribution is 2.44. The minimum Gasteiger partial charge on any atom is -0.381 e. The van der Waals surface area contributed by atoms with Gasteiger partial charge in [0.2, 0.25) is 5.91 Å². The molecular formula is C16H29ClN2O2. The molecule has 0 radical (unpaired) electrons. The van der Waals surface area contributed by atoms with Crippen LogP contribution in [0, 0.1) is 17.3 Å². The molecule has 1 atom stereocenters. The Morgan fingerprint density at radius 1 is 1.19 bits per heavy atom. The van der Waals surface area contributed by atoms with Crippen LogP contribution in [0.15, 0.2) is 0 Å². The summed E-state index contributed by atoms with van der Waals surface area (Å²) in [6, 6.07) is 0.409. The van der Waals surface area contributed by atoms with E-state index in [0.29, 0.717) is 17.4 Å². The van der Waals surface area contributed by atoms with Crippen LogP contribution < -0.4 is 10.6 Å². The molecule has 2 N–H and O–H groups in total. The molecule has 1 amide bonds. The molecule has 1 spiro atoms. The van der Waals surface area contributed by atoms with E-state index in [2.05, 4.69) is 17.6 Å². The zero-order valence-electron chi connectivity index (χ0n) is 13.0. The first-order chi connectivity index (χ1) is 9.69. The van der Waals surface area contributed by atoms with Crippen molar-refractivity contribution in [2.45, 2.75) is 51.5 Å². The molecule has 0 aromatic carbocycles. The van der Waals surface area contributed by atoms with Gasteiger partial charge in [-0.3, -0.25) is 4.79 Å². The molecule has 4 nitrogen and oxygen atoms in total. The molecule has 0 bridgehead atoms. The number of hydrogen-bond acceptors (Lipinski definition) is 3. The van der Waals surface area contributed by atoms with Crippen molar-refractivity contribution in [2.24, 2.45) is 17.3 Å². The highest BCUT2D eigenvalue weighted by Gasteiger charge is 2.37. The van der Waals surface area contributed by atoms with E-state index in [0.717, 1.165) is 39.1 Å². The number of carbonyl (C=O) groups is 1. The first-order valence-corrected chi connectivity index (χ1v) is 8.27. The van der Waals surface area contributed by atoms with Gasteiger partial charge in [-0.05, 0) is 62.9 Å². The second kappa shape index (κ2) is 7.30. The van der Waals surface area contributed by atoms with Gasteiger partial charge >= 0.3 is 0 Å². The van der Waals surface area contributed by atoms with E-state index < -0.39 is 0 Å². The molecule has 1 aliphatic carbocycles. The largest absolute Gasteiger partial charge is 0.381 e. The minimum atomic E-state index is 0. The third-order valence-corrected chi connectivity index (χ3v) is 5.88. The molecule has 1 unspecified atom stereocenters. The Balaban J connectivity index is 0.00000161. The van der Waals surface area contributed by atoms with Crippen LogP contribution >= 0.6 is 12.4 Å². The molecular weight excluding hydrogens is 288 g/mol. The van der Waals surface area contributed by atoms with Crippen molar-refractivity contribution in [3.8, 4) is 0 Å². The Kier molecular flexibility index (Phi) is 5.92. The van der Waals surface area contributed by atoms with Crippen LogP contribution in [0.2, 0.25) is 0 Å². The van der Waals surface area contributed by atoms with Gasteiger partial charge in [0.25, 0.3) is 0 Å². The Bertz CT molecular complexity index is 344. The molecule has 3 rings (SSSR count). The molecule has 0 aromatic heterocycles. The third-order valence-electron chi connectivity index (χ3n) is 5.88. The predicted octanol–water partition coefficient (Wildman–Crippen LogP) is 2.12. The quantitative estimate of drug-likeness (QED) is 0.838. The van der Waals surface area contributed by atoms with Crippen LogP contribution in [0.4, 0.5) is 0 Å². The van der Waals surface area contributed by atoms with Crippen molar-refractivity contribution in [3.63, 3.8) is 0 Å². The molecule has 2 heterocycles. The molecule has 122 valence electrons. The Hall–Kier alpha value is -0.320. The van der Waals surface area contributed by atoms with Gasteiger partial charge in [-0.1, -0.05) is 6.92 Å². The summed E-state index contributed by atoms with van der Waals surface area (Å²) < 4.78 is 5.49. The van der Waals surface area contributed by atoms with Crippen LogP contribution in [0.5, 0.6) is 0 Å². The molecule has 3 fully saturated rings.